The Morgan fingerprint density at radius 3 is 2.55 bits per heavy atom. The number of benzene rings is 1. The van der Waals surface area contributed by atoms with E-state index in [1.807, 2.05) is 38.1 Å². The maximum absolute atomic E-state index is 11.8. The number of thiazole rings is 1. The molecule has 1 aromatic heterocycles. The molecule has 0 bridgehead atoms. The van der Waals surface area contributed by atoms with Crippen LogP contribution in [-0.2, 0) is 4.79 Å². The van der Waals surface area contributed by atoms with E-state index >= 15 is 0 Å². The van der Waals surface area contributed by atoms with Crippen molar-refractivity contribution in [2.24, 2.45) is 0 Å². The molecule has 1 heterocycles. The van der Waals surface area contributed by atoms with Gasteiger partial charge in [-0.3, -0.25) is 10.1 Å². The molecule has 0 aliphatic carbocycles. The molecular weight excluding hydrogens is 272 g/mol. The third kappa shape index (κ3) is 3.68. The first-order chi connectivity index (χ1) is 9.58. The summed E-state index contributed by atoms with van der Waals surface area (Å²) in [5, 5.41) is 3.38. The van der Waals surface area contributed by atoms with Crippen molar-refractivity contribution in [1.29, 1.82) is 0 Å². The smallest absolute Gasteiger partial charge is 0.250 e. The number of anilines is 1. The Balaban J connectivity index is 1.97. The van der Waals surface area contributed by atoms with E-state index < -0.39 is 0 Å². The van der Waals surface area contributed by atoms with Crippen molar-refractivity contribution in [1.82, 2.24) is 4.98 Å². The number of nitrogens with one attached hydrogen (secondary N) is 1. The van der Waals surface area contributed by atoms with E-state index in [0.717, 1.165) is 21.9 Å². The fraction of sp³-hybridized carbons (Fsp3) is 0.200. The van der Waals surface area contributed by atoms with E-state index in [-0.39, 0.29) is 5.91 Å². The van der Waals surface area contributed by atoms with Crippen molar-refractivity contribution in [3.05, 3.63) is 46.5 Å². The van der Waals surface area contributed by atoms with Crippen molar-refractivity contribution >= 4 is 28.5 Å². The van der Waals surface area contributed by atoms with Gasteiger partial charge < -0.3 is 4.74 Å². The van der Waals surface area contributed by atoms with Gasteiger partial charge in [-0.25, -0.2) is 4.98 Å². The number of hydrogen-bond acceptors (Lipinski definition) is 4. The van der Waals surface area contributed by atoms with Crippen LogP contribution >= 0.6 is 11.3 Å². The normalized spacial score (nSPS) is 10.8. The van der Waals surface area contributed by atoms with E-state index in [4.69, 9.17) is 4.74 Å². The van der Waals surface area contributed by atoms with Crippen LogP contribution in [0.5, 0.6) is 5.75 Å². The molecule has 104 valence electrons. The van der Waals surface area contributed by atoms with Gasteiger partial charge in [-0.15, -0.1) is 11.3 Å². The summed E-state index contributed by atoms with van der Waals surface area (Å²) in [4.78, 5) is 17.1. The van der Waals surface area contributed by atoms with E-state index in [0.29, 0.717) is 5.13 Å². The summed E-state index contributed by atoms with van der Waals surface area (Å²) in [6, 6.07) is 7.48. The zero-order valence-corrected chi connectivity index (χ0v) is 12.5. The average molecular weight is 288 g/mol. The van der Waals surface area contributed by atoms with Crippen molar-refractivity contribution in [2.45, 2.75) is 13.8 Å². The zero-order valence-electron chi connectivity index (χ0n) is 11.6. The summed E-state index contributed by atoms with van der Waals surface area (Å²) in [6.45, 7) is 3.91. The number of nitrogens with zero attached hydrogens (tertiary/aromatic N) is 1. The lowest BCUT2D eigenvalue weighted by atomic mass is 10.2. The Morgan fingerprint density at radius 2 is 2.00 bits per heavy atom. The zero-order chi connectivity index (χ0) is 14.5. The van der Waals surface area contributed by atoms with Crippen molar-refractivity contribution < 1.29 is 9.53 Å². The minimum Gasteiger partial charge on any atom is -0.497 e. The van der Waals surface area contributed by atoms with Gasteiger partial charge in [-0.2, -0.15) is 0 Å². The van der Waals surface area contributed by atoms with Gasteiger partial charge in [0.15, 0.2) is 5.13 Å². The van der Waals surface area contributed by atoms with Crippen LogP contribution in [0.2, 0.25) is 0 Å². The molecule has 0 saturated carbocycles. The van der Waals surface area contributed by atoms with Gasteiger partial charge in [0, 0.05) is 11.0 Å². The lowest BCUT2D eigenvalue weighted by Crippen LogP contribution is -2.07. The van der Waals surface area contributed by atoms with Gasteiger partial charge in [0.1, 0.15) is 5.75 Å². The van der Waals surface area contributed by atoms with Gasteiger partial charge in [0.05, 0.1) is 12.8 Å². The summed E-state index contributed by atoms with van der Waals surface area (Å²) in [7, 11) is 1.62. The standard InChI is InChI=1S/C15H16N2O2S/c1-10-11(2)20-15(16-10)17-14(18)9-6-12-4-7-13(19-3)8-5-12/h4-9H,1-3H3,(H,16,17,18)/b9-6+. The highest BCUT2D eigenvalue weighted by Crippen LogP contribution is 2.21. The number of methoxy groups -OCH3 is 1. The number of rotatable bonds is 4. The van der Waals surface area contributed by atoms with Crippen LogP contribution in [0.4, 0.5) is 5.13 Å². The second kappa shape index (κ2) is 6.34. The van der Waals surface area contributed by atoms with Gasteiger partial charge in [-0.05, 0) is 37.6 Å². The largest absolute Gasteiger partial charge is 0.497 e. The van der Waals surface area contributed by atoms with E-state index in [9.17, 15) is 4.79 Å². The van der Waals surface area contributed by atoms with E-state index in [1.54, 1.807) is 13.2 Å². The number of carbonyl (C=O) groups is 1. The van der Waals surface area contributed by atoms with Gasteiger partial charge in [-0.1, -0.05) is 12.1 Å². The maximum atomic E-state index is 11.8. The molecular formula is C15H16N2O2S. The van der Waals surface area contributed by atoms with Crippen LogP contribution in [0.15, 0.2) is 30.3 Å². The van der Waals surface area contributed by atoms with Crippen LogP contribution in [0.3, 0.4) is 0 Å². The van der Waals surface area contributed by atoms with Crippen molar-refractivity contribution in [3.63, 3.8) is 0 Å². The number of ether oxygens (including phenoxy) is 1. The number of hydrogen-bond donors (Lipinski definition) is 1. The lowest BCUT2D eigenvalue weighted by molar-refractivity contribution is -0.111. The molecule has 0 spiro atoms. The third-order valence-corrected chi connectivity index (χ3v) is 3.79. The second-order valence-electron chi connectivity index (χ2n) is 4.26. The summed E-state index contributed by atoms with van der Waals surface area (Å²) in [5.41, 5.74) is 1.89. The molecule has 1 N–H and O–H groups in total. The Bertz CT molecular complexity index is 610. The highest BCUT2D eigenvalue weighted by atomic mass is 32.1. The quantitative estimate of drug-likeness (QED) is 0.877. The Morgan fingerprint density at radius 1 is 1.30 bits per heavy atom. The molecule has 0 fully saturated rings. The van der Waals surface area contributed by atoms with Crippen LogP contribution in [0, 0.1) is 13.8 Å². The Hall–Kier alpha value is -2.14. The molecule has 0 atom stereocenters. The van der Waals surface area contributed by atoms with Crippen LogP contribution < -0.4 is 10.1 Å². The summed E-state index contributed by atoms with van der Waals surface area (Å²) < 4.78 is 5.08. The van der Waals surface area contributed by atoms with Gasteiger partial charge in [0.2, 0.25) is 5.91 Å². The predicted octanol–water partition coefficient (Wildman–Crippen LogP) is 3.42. The highest BCUT2D eigenvalue weighted by Gasteiger charge is 2.05. The molecule has 4 nitrogen and oxygen atoms in total. The molecule has 0 unspecified atom stereocenters. The average Bonchev–Trinajstić information content (AvgIpc) is 2.75. The first-order valence-electron chi connectivity index (χ1n) is 6.15. The van der Waals surface area contributed by atoms with Crippen molar-refractivity contribution in [2.75, 3.05) is 12.4 Å². The fourth-order valence-corrected chi connectivity index (χ4v) is 2.38. The summed E-state index contributed by atoms with van der Waals surface area (Å²) in [6.07, 6.45) is 3.25. The molecule has 0 aliphatic rings. The minimum absolute atomic E-state index is 0.186. The molecule has 0 radical (unpaired) electrons. The number of carbonyl (C=O) groups excluding carboxylic acids is 1. The monoisotopic (exact) mass is 288 g/mol. The Kier molecular flexibility index (Phi) is 4.53. The minimum atomic E-state index is -0.186. The van der Waals surface area contributed by atoms with E-state index in [1.165, 1.54) is 17.4 Å². The lowest BCUT2D eigenvalue weighted by Gasteiger charge is -1.99. The molecule has 0 aliphatic heterocycles. The van der Waals surface area contributed by atoms with Crippen LogP contribution in [0.1, 0.15) is 16.1 Å². The second-order valence-corrected chi connectivity index (χ2v) is 5.46. The number of aromatic nitrogens is 1. The summed E-state index contributed by atoms with van der Waals surface area (Å²) >= 11 is 1.48. The molecule has 5 heteroatoms. The fourth-order valence-electron chi connectivity index (χ4n) is 1.56. The Labute approximate surface area is 122 Å². The molecule has 2 rings (SSSR count). The maximum Gasteiger partial charge on any atom is 0.250 e. The molecule has 2 aromatic rings. The first kappa shape index (κ1) is 14.3. The topological polar surface area (TPSA) is 51.2 Å². The van der Waals surface area contributed by atoms with Crippen molar-refractivity contribution in [3.8, 4) is 5.75 Å². The van der Waals surface area contributed by atoms with Crippen LogP contribution in [-0.4, -0.2) is 18.0 Å². The van der Waals surface area contributed by atoms with E-state index in [2.05, 4.69) is 10.3 Å². The highest BCUT2D eigenvalue weighted by molar-refractivity contribution is 7.15. The van der Waals surface area contributed by atoms with Gasteiger partial charge >= 0.3 is 0 Å². The molecule has 0 saturated heterocycles. The SMILES string of the molecule is COc1ccc(/C=C/C(=O)Nc2nc(C)c(C)s2)cc1. The predicted molar refractivity (Wildman–Crippen MR) is 82.2 cm³/mol. The number of amides is 1. The van der Waals surface area contributed by atoms with Gasteiger partial charge in [0.25, 0.3) is 0 Å². The number of aryl methyl sites for hydroxylation is 2. The first-order valence-corrected chi connectivity index (χ1v) is 6.97. The molecule has 20 heavy (non-hydrogen) atoms. The molecule has 1 aromatic carbocycles. The molecule has 1 amide bonds. The summed E-state index contributed by atoms with van der Waals surface area (Å²) in [5.74, 6) is 0.606. The van der Waals surface area contributed by atoms with Crippen LogP contribution in [0.25, 0.3) is 6.08 Å². The third-order valence-electron chi connectivity index (χ3n) is 2.80.